The average molecular weight is 361 g/mol. The van der Waals surface area contributed by atoms with Gasteiger partial charge in [-0.2, -0.15) is 0 Å². The van der Waals surface area contributed by atoms with Gasteiger partial charge in [0.15, 0.2) is 0 Å². The summed E-state index contributed by atoms with van der Waals surface area (Å²) in [6, 6.07) is 2.07. The number of aliphatic hydroxyl groups excluding tert-OH is 1. The maximum Gasteiger partial charge on any atom is 0.0912 e. The molecule has 1 aromatic heterocycles. The van der Waals surface area contributed by atoms with E-state index in [-0.39, 0.29) is 11.7 Å². The second-order valence-electron chi connectivity index (χ2n) is 5.89. The third-order valence-electron chi connectivity index (χ3n) is 4.55. The summed E-state index contributed by atoms with van der Waals surface area (Å²) in [6.07, 6.45) is 3.45. The summed E-state index contributed by atoms with van der Waals surface area (Å²) in [5.41, 5.74) is -0.0499. The molecule has 2 unspecified atom stereocenters. The first-order valence-electron chi connectivity index (χ1n) is 7.25. The number of aliphatic hydroxyl groups is 1. The summed E-state index contributed by atoms with van der Waals surface area (Å²) in [5.74, 6) is 0.298. The monoisotopic (exact) mass is 360 g/mol. The number of aryl methyl sites for hydroxylation is 1. The largest absolute Gasteiger partial charge is 0.387 e. The van der Waals surface area contributed by atoms with Gasteiger partial charge in [0.25, 0.3) is 0 Å². The Morgan fingerprint density at radius 3 is 2.80 bits per heavy atom. The zero-order valence-corrected chi connectivity index (χ0v) is 14.1. The first-order valence-corrected chi connectivity index (χ1v) is 8.86. The molecule has 20 heavy (non-hydrogen) atoms. The van der Waals surface area contributed by atoms with E-state index in [4.69, 9.17) is 9.47 Å². The fraction of sp³-hybridized carbons (Fsp3) is 0.733. The first-order chi connectivity index (χ1) is 9.60. The molecule has 1 spiro atoms. The van der Waals surface area contributed by atoms with Gasteiger partial charge in [0, 0.05) is 34.0 Å². The summed E-state index contributed by atoms with van der Waals surface area (Å²) in [7, 11) is 0. The molecule has 3 nitrogen and oxygen atoms in total. The fourth-order valence-electron chi connectivity index (χ4n) is 3.29. The van der Waals surface area contributed by atoms with Crippen LogP contribution in [0.3, 0.4) is 0 Å². The van der Waals surface area contributed by atoms with E-state index in [0.29, 0.717) is 5.92 Å². The van der Waals surface area contributed by atoms with Crippen LogP contribution in [0.2, 0.25) is 0 Å². The van der Waals surface area contributed by atoms with Crippen LogP contribution in [0.25, 0.3) is 0 Å². The number of halogens is 1. The smallest absolute Gasteiger partial charge is 0.0912 e. The van der Waals surface area contributed by atoms with E-state index < -0.39 is 0 Å². The van der Waals surface area contributed by atoms with E-state index in [1.807, 2.05) is 0 Å². The van der Waals surface area contributed by atoms with E-state index in [9.17, 15) is 5.11 Å². The zero-order chi connectivity index (χ0) is 14.2. The maximum atomic E-state index is 10.7. The molecule has 0 aromatic carbocycles. The lowest BCUT2D eigenvalue weighted by atomic mass is 9.78. The lowest BCUT2D eigenvalue weighted by molar-refractivity contribution is -0.158. The Hall–Kier alpha value is 0.0600. The third-order valence-corrected chi connectivity index (χ3v) is 6.76. The van der Waals surface area contributed by atoms with Crippen molar-refractivity contribution in [1.29, 1.82) is 0 Å². The van der Waals surface area contributed by atoms with Gasteiger partial charge >= 0.3 is 0 Å². The summed E-state index contributed by atoms with van der Waals surface area (Å²) < 4.78 is 12.6. The zero-order valence-electron chi connectivity index (χ0n) is 11.7. The second kappa shape index (κ2) is 6.05. The Balaban J connectivity index is 1.72. The molecule has 0 radical (unpaired) electrons. The van der Waals surface area contributed by atoms with Crippen LogP contribution in [0.4, 0.5) is 0 Å². The summed E-state index contributed by atoms with van der Waals surface area (Å²) >= 11 is 5.23. The molecular weight excluding hydrogens is 340 g/mol. The van der Waals surface area contributed by atoms with Gasteiger partial charge in [-0.05, 0) is 60.5 Å². The van der Waals surface area contributed by atoms with Gasteiger partial charge < -0.3 is 14.6 Å². The lowest BCUT2D eigenvalue weighted by Gasteiger charge is -2.44. The van der Waals surface area contributed by atoms with E-state index >= 15 is 0 Å². The number of ether oxygens (including phenoxy) is 2. The van der Waals surface area contributed by atoms with Gasteiger partial charge in [-0.1, -0.05) is 0 Å². The topological polar surface area (TPSA) is 38.7 Å². The van der Waals surface area contributed by atoms with Crippen LogP contribution in [0.1, 0.15) is 41.5 Å². The molecule has 2 atom stereocenters. The Bertz CT molecular complexity index is 443. The van der Waals surface area contributed by atoms with Crippen molar-refractivity contribution in [2.45, 2.75) is 44.3 Å². The van der Waals surface area contributed by atoms with Crippen molar-refractivity contribution in [3.8, 4) is 0 Å². The second-order valence-corrected chi connectivity index (χ2v) is 8.04. The molecule has 2 fully saturated rings. The molecule has 2 saturated heterocycles. The van der Waals surface area contributed by atoms with Gasteiger partial charge in [-0.3, -0.25) is 0 Å². The van der Waals surface area contributed by atoms with Gasteiger partial charge in [-0.25, -0.2) is 0 Å². The molecule has 2 aliphatic rings. The highest BCUT2D eigenvalue weighted by molar-refractivity contribution is 9.10. The number of thiophene rings is 1. The van der Waals surface area contributed by atoms with Crippen LogP contribution in [-0.2, 0) is 9.47 Å². The van der Waals surface area contributed by atoms with Crippen molar-refractivity contribution in [2.75, 3.05) is 19.8 Å². The first kappa shape index (κ1) is 15.0. The Morgan fingerprint density at radius 2 is 2.15 bits per heavy atom. The summed E-state index contributed by atoms with van der Waals surface area (Å²) in [6.45, 7) is 4.40. The van der Waals surface area contributed by atoms with Gasteiger partial charge in [0.05, 0.1) is 11.7 Å². The fourth-order valence-corrected chi connectivity index (χ4v) is 4.93. The molecule has 112 valence electrons. The normalized spacial score (nSPS) is 27.6. The molecule has 0 bridgehead atoms. The third kappa shape index (κ3) is 2.97. The van der Waals surface area contributed by atoms with Crippen LogP contribution in [0.15, 0.2) is 10.5 Å². The molecule has 0 saturated carbocycles. The highest BCUT2D eigenvalue weighted by Crippen LogP contribution is 2.43. The van der Waals surface area contributed by atoms with Crippen molar-refractivity contribution in [1.82, 2.24) is 0 Å². The molecule has 1 N–H and O–H groups in total. The molecular formula is C15H21BrO3S. The van der Waals surface area contributed by atoms with Crippen LogP contribution in [0.5, 0.6) is 0 Å². The van der Waals surface area contributed by atoms with Crippen molar-refractivity contribution < 1.29 is 14.6 Å². The molecule has 1 aromatic rings. The van der Waals surface area contributed by atoms with Gasteiger partial charge in [-0.15, -0.1) is 11.3 Å². The predicted octanol–water partition coefficient (Wildman–Crippen LogP) is 3.83. The summed E-state index contributed by atoms with van der Waals surface area (Å²) in [4.78, 5) is 2.30. The predicted molar refractivity (Wildman–Crippen MR) is 83.2 cm³/mol. The average Bonchev–Trinajstić information content (AvgIpc) is 2.79. The Labute approximate surface area is 132 Å². The van der Waals surface area contributed by atoms with Crippen LogP contribution in [0, 0.1) is 12.8 Å². The Morgan fingerprint density at radius 1 is 1.40 bits per heavy atom. The van der Waals surface area contributed by atoms with Crippen molar-refractivity contribution >= 4 is 27.3 Å². The minimum absolute atomic E-state index is 0.0499. The van der Waals surface area contributed by atoms with E-state index in [1.54, 1.807) is 11.3 Å². The number of hydrogen-bond donors (Lipinski definition) is 1. The standard InChI is InChI=1S/C15H21BrO3S/c1-10-12(16)8-13(20-10)14(17)11-2-5-19-15(9-11)3-6-18-7-4-15/h8,11,14,17H,2-7,9H2,1H3. The summed E-state index contributed by atoms with van der Waals surface area (Å²) in [5, 5.41) is 10.7. The quantitative estimate of drug-likeness (QED) is 0.870. The van der Waals surface area contributed by atoms with Crippen molar-refractivity contribution in [2.24, 2.45) is 5.92 Å². The maximum absolute atomic E-state index is 10.7. The molecule has 3 rings (SSSR count). The van der Waals surface area contributed by atoms with E-state index in [2.05, 4.69) is 28.9 Å². The van der Waals surface area contributed by atoms with Crippen LogP contribution < -0.4 is 0 Å². The number of rotatable bonds is 2. The molecule has 5 heteroatoms. The van der Waals surface area contributed by atoms with Gasteiger partial charge in [0.1, 0.15) is 0 Å². The molecule has 0 aliphatic carbocycles. The minimum atomic E-state index is -0.367. The lowest BCUT2D eigenvalue weighted by Crippen LogP contribution is -2.45. The SMILES string of the molecule is Cc1sc(C(O)C2CCOC3(CCOCC3)C2)cc1Br. The van der Waals surface area contributed by atoms with Crippen LogP contribution >= 0.6 is 27.3 Å². The number of hydrogen-bond acceptors (Lipinski definition) is 4. The Kier molecular flexibility index (Phi) is 4.53. The van der Waals surface area contributed by atoms with Crippen molar-refractivity contribution in [3.05, 3.63) is 20.3 Å². The molecule has 2 aliphatic heterocycles. The minimum Gasteiger partial charge on any atom is -0.387 e. The van der Waals surface area contributed by atoms with Crippen LogP contribution in [-0.4, -0.2) is 30.5 Å². The molecule has 0 amide bonds. The van der Waals surface area contributed by atoms with Gasteiger partial charge in [0.2, 0.25) is 0 Å². The molecule has 3 heterocycles. The van der Waals surface area contributed by atoms with Crippen molar-refractivity contribution in [3.63, 3.8) is 0 Å². The highest BCUT2D eigenvalue weighted by Gasteiger charge is 2.41. The van der Waals surface area contributed by atoms with E-state index in [0.717, 1.165) is 54.9 Å². The van der Waals surface area contributed by atoms with E-state index in [1.165, 1.54) is 4.88 Å². The highest BCUT2D eigenvalue weighted by atomic mass is 79.9.